The van der Waals surface area contributed by atoms with Gasteiger partial charge in [-0.05, 0) is 71.7 Å². The number of benzene rings is 2. The smallest absolute Gasteiger partial charge is 0.233 e. The highest BCUT2D eigenvalue weighted by atomic mass is 79.9. The number of nitrogens with two attached hydrogens (primary N) is 1. The molecule has 2 amide bonds. The van der Waals surface area contributed by atoms with Gasteiger partial charge in [0.25, 0.3) is 0 Å². The molecule has 0 spiro atoms. The van der Waals surface area contributed by atoms with E-state index in [1.165, 1.54) is 4.88 Å². The highest BCUT2D eigenvalue weighted by molar-refractivity contribution is 9.10. The number of nitrogen functional groups attached to an aromatic ring is 1. The molecule has 0 aliphatic rings. The van der Waals surface area contributed by atoms with Crippen LogP contribution in [0.2, 0.25) is 0 Å². The van der Waals surface area contributed by atoms with E-state index in [9.17, 15) is 9.59 Å². The maximum Gasteiger partial charge on any atom is 0.233 e. The molecule has 0 saturated carbocycles. The van der Waals surface area contributed by atoms with Gasteiger partial charge in [0.15, 0.2) is 0 Å². The molecule has 0 saturated heterocycles. The summed E-state index contributed by atoms with van der Waals surface area (Å²) in [6, 6.07) is 11.9. The van der Waals surface area contributed by atoms with Crippen molar-refractivity contribution >= 4 is 50.6 Å². The fourth-order valence-corrected chi connectivity index (χ4v) is 4.46. The summed E-state index contributed by atoms with van der Waals surface area (Å²) in [6.45, 7) is 4.38. The number of ether oxygens (including phenoxy) is 1. The average Bonchev–Trinajstić information content (AvgIpc) is 3.19. The Hall–Kier alpha value is -3.24. The van der Waals surface area contributed by atoms with Crippen molar-refractivity contribution in [3.05, 3.63) is 74.1 Å². The SMILES string of the molecule is Cc1ncsc1CCOc1ccc(C(C)NC(=O)CC(=O)Nc2ccc(C(=N)N)cc2)cc1Br. The van der Waals surface area contributed by atoms with Crippen LogP contribution >= 0.6 is 27.3 Å². The van der Waals surface area contributed by atoms with Crippen molar-refractivity contribution in [1.82, 2.24) is 10.3 Å². The minimum atomic E-state index is -0.429. The molecule has 3 aromatic rings. The lowest BCUT2D eigenvalue weighted by Crippen LogP contribution is -2.30. The van der Waals surface area contributed by atoms with Gasteiger partial charge in [-0.15, -0.1) is 11.3 Å². The van der Waals surface area contributed by atoms with Crippen molar-refractivity contribution in [2.75, 3.05) is 11.9 Å². The van der Waals surface area contributed by atoms with Crippen LogP contribution in [0.4, 0.5) is 5.69 Å². The molecule has 0 fully saturated rings. The lowest BCUT2D eigenvalue weighted by molar-refractivity contribution is -0.127. The Labute approximate surface area is 210 Å². The van der Waals surface area contributed by atoms with Crippen LogP contribution in [-0.2, 0) is 16.0 Å². The molecule has 8 nitrogen and oxygen atoms in total. The van der Waals surface area contributed by atoms with Gasteiger partial charge in [-0.25, -0.2) is 4.98 Å². The first-order valence-electron chi connectivity index (χ1n) is 10.6. The zero-order chi connectivity index (χ0) is 24.7. The summed E-state index contributed by atoms with van der Waals surface area (Å²) in [4.78, 5) is 30.0. The Kier molecular flexibility index (Phi) is 8.78. The topological polar surface area (TPSA) is 130 Å². The molecule has 2 aromatic carbocycles. The molecule has 3 rings (SSSR count). The van der Waals surface area contributed by atoms with Crippen molar-refractivity contribution < 1.29 is 14.3 Å². The first-order chi connectivity index (χ1) is 16.2. The molecule has 0 bridgehead atoms. The number of hydrogen-bond acceptors (Lipinski definition) is 6. The second-order valence-electron chi connectivity index (χ2n) is 7.65. The van der Waals surface area contributed by atoms with Gasteiger partial charge in [-0.3, -0.25) is 15.0 Å². The molecule has 34 heavy (non-hydrogen) atoms. The fourth-order valence-electron chi connectivity index (χ4n) is 3.18. The third-order valence-electron chi connectivity index (χ3n) is 5.07. The standard InChI is InChI=1S/C24H26BrN5O3S/c1-14(29-22(31)12-23(32)30-18-6-3-16(4-7-18)24(26)27)17-5-8-20(19(25)11-17)33-10-9-21-15(2)28-13-34-21/h3-8,11,13-14H,9-10,12H2,1-2H3,(H3,26,27)(H,29,31)(H,30,32). The van der Waals surface area contributed by atoms with E-state index >= 15 is 0 Å². The van der Waals surface area contributed by atoms with E-state index < -0.39 is 5.91 Å². The molecular weight excluding hydrogens is 518 g/mol. The highest BCUT2D eigenvalue weighted by Gasteiger charge is 2.15. The first kappa shape index (κ1) is 25.4. The van der Waals surface area contributed by atoms with Crippen molar-refractivity contribution in [2.45, 2.75) is 32.7 Å². The van der Waals surface area contributed by atoms with E-state index in [1.54, 1.807) is 35.6 Å². The number of aryl methyl sites for hydroxylation is 1. The summed E-state index contributed by atoms with van der Waals surface area (Å²) in [5.41, 5.74) is 10.3. The molecule has 0 aliphatic heterocycles. The van der Waals surface area contributed by atoms with Crippen LogP contribution in [0.1, 0.15) is 41.1 Å². The number of amidine groups is 1. The molecule has 10 heteroatoms. The van der Waals surface area contributed by atoms with Gasteiger partial charge in [0, 0.05) is 22.5 Å². The number of carbonyl (C=O) groups is 2. The van der Waals surface area contributed by atoms with E-state index in [0.29, 0.717) is 17.9 Å². The number of aromatic nitrogens is 1. The number of nitrogens with one attached hydrogen (secondary N) is 3. The van der Waals surface area contributed by atoms with E-state index in [1.807, 2.05) is 37.6 Å². The van der Waals surface area contributed by atoms with Gasteiger partial charge in [0.05, 0.1) is 28.3 Å². The van der Waals surface area contributed by atoms with E-state index in [0.717, 1.165) is 27.9 Å². The largest absolute Gasteiger partial charge is 0.492 e. The van der Waals surface area contributed by atoms with Crippen LogP contribution in [-0.4, -0.2) is 29.2 Å². The van der Waals surface area contributed by atoms with Crippen LogP contribution in [0, 0.1) is 12.3 Å². The van der Waals surface area contributed by atoms with Gasteiger partial charge in [0.1, 0.15) is 18.0 Å². The summed E-state index contributed by atoms with van der Waals surface area (Å²) in [7, 11) is 0. The van der Waals surface area contributed by atoms with Crippen molar-refractivity contribution in [2.24, 2.45) is 5.73 Å². The number of thiazole rings is 1. The molecule has 1 aromatic heterocycles. The molecule has 178 valence electrons. The van der Waals surface area contributed by atoms with Crippen LogP contribution in [0.25, 0.3) is 0 Å². The number of halogens is 1. The van der Waals surface area contributed by atoms with Crippen LogP contribution in [0.15, 0.2) is 52.4 Å². The van der Waals surface area contributed by atoms with Crippen LogP contribution < -0.4 is 21.1 Å². The summed E-state index contributed by atoms with van der Waals surface area (Å²) < 4.78 is 6.67. The quantitative estimate of drug-likeness (QED) is 0.172. The Morgan fingerprint density at radius 2 is 1.94 bits per heavy atom. The van der Waals surface area contributed by atoms with Crippen LogP contribution in [0.5, 0.6) is 5.75 Å². The monoisotopic (exact) mass is 543 g/mol. The number of amides is 2. The predicted octanol–water partition coefficient (Wildman–Crippen LogP) is 4.33. The number of carbonyl (C=O) groups excluding carboxylic acids is 2. The minimum Gasteiger partial charge on any atom is -0.492 e. The maximum absolute atomic E-state index is 12.3. The highest BCUT2D eigenvalue weighted by Crippen LogP contribution is 2.29. The molecule has 1 atom stereocenters. The summed E-state index contributed by atoms with van der Waals surface area (Å²) in [5.74, 6) is -0.147. The number of nitrogens with zero attached hydrogens (tertiary/aromatic N) is 1. The second-order valence-corrected chi connectivity index (χ2v) is 9.45. The summed E-state index contributed by atoms with van der Waals surface area (Å²) >= 11 is 5.16. The molecule has 0 radical (unpaired) electrons. The van der Waals surface area contributed by atoms with Gasteiger partial charge >= 0.3 is 0 Å². The average molecular weight is 544 g/mol. The van der Waals surface area contributed by atoms with E-state index in [-0.39, 0.29) is 24.2 Å². The molecule has 0 aliphatic carbocycles. The van der Waals surface area contributed by atoms with Gasteiger partial charge in [-0.1, -0.05) is 6.07 Å². The van der Waals surface area contributed by atoms with Crippen molar-refractivity contribution in [3.63, 3.8) is 0 Å². The third kappa shape index (κ3) is 7.13. The lowest BCUT2D eigenvalue weighted by Gasteiger charge is -2.16. The maximum atomic E-state index is 12.3. The Morgan fingerprint density at radius 3 is 2.56 bits per heavy atom. The van der Waals surface area contributed by atoms with Gasteiger partial charge < -0.3 is 21.1 Å². The summed E-state index contributed by atoms with van der Waals surface area (Å²) in [6.07, 6.45) is 0.484. The second kappa shape index (κ2) is 11.8. The molecule has 1 unspecified atom stereocenters. The Balaban J connectivity index is 1.48. The first-order valence-corrected chi connectivity index (χ1v) is 12.2. The van der Waals surface area contributed by atoms with Crippen molar-refractivity contribution in [1.29, 1.82) is 5.41 Å². The normalized spacial score (nSPS) is 11.5. The van der Waals surface area contributed by atoms with Gasteiger partial charge in [-0.2, -0.15) is 0 Å². The van der Waals surface area contributed by atoms with E-state index in [4.69, 9.17) is 15.9 Å². The number of anilines is 1. The Morgan fingerprint density at radius 1 is 1.21 bits per heavy atom. The van der Waals surface area contributed by atoms with Gasteiger partial charge in [0.2, 0.25) is 11.8 Å². The molecule has 1 heterocycles. The van der Waals surface area contributed by atoms with Crippen LogP contribution in [0.3, 0.4) is 0 Å². The Bertz CT molecular complexity index is 1180. The zero-order valence-electron chi connectivity index (χ0n) is 18.9. The van der Waals surface area contributed by atoms with Crippen molar-refractivity contribution in [3.8, 4) is 5.75 Å². The number of rotatable bonds is 10. The van der Waals surface area contributed by atoms with E-state index in [2.05, 4.69) is 31.5 Å². The fraction of sp³-hybridized carbons (Fsp3) is 0.250. The molecular formula is C24H26BrN5O3S. The predicted molar refractivity (Wildman–Crippen MR) is 137 cm³/mol. The molecule has 5 N–H and O–H groups in total. The summed E-state index contributed by atoms with van der Waals surface area (Å²) in [5, 5.41) is 12.9. The third-order valence-corrected chi connectivity index (χ3v) is 6.68. The number of hydrogen-bond donors (Lipinski definition) is 4. The lowest BCUT2D eigenvalue weighted by atomic mass is 10.1. The minimum absolute atomic E-state index is 0.0523. The zero-order valence-corrected chi connectivity index (χ0v) is 21.3.